The van der Waals surface area contributed by atoms with Crippen LogP contribution >= 0.6 is 11.5 Å². The summed E-state index contributed by atoms with van der Waals surface area (Å²) >= 11 is 1.45. The van der Waals surface area contributed by atoms with Gasteiger partial charge in [-0.2, -0.15) is 4.37 Å². The third-order valence-corrected chi connectivity index (χ3v) is 3.44. The van der Waals surface area contributed by atoms with Crippen LogP contribution in [0.5, 0.6) is 0 Å². The molecule has 78 valence electrons. The van der Waals surface area contributed by atoms with E-state index in [1.54, 1.807) is 0 Å². The predicted octanol–water partition coefficient (Wildman–Crippen LogP) is 0.942. The van der Waals surface area contributed by atoms with E-state index < -0.39 is 0 Å². The summed E-state index contributed by atoms with van der Waals surface area (Å²) in [6, 6.07) is 1.92. The van der Waals surface area contributed by atoms with Crippen LogP contribution < -0.4 is 10.6 Å². The van der Waals surface area contributed by atoms with Gasteiger partial charge in [0.2, 0.25) is 0 Å². The molecule has 6 heteroatoms. The summed E-state index contributed by atoms with van der Waals surface area (Å²) in [5.74, 6) is 1.71. The van der Waals surface area contributed by atoms with E-state index in [4.69, 9.17) is 5.73 Å². The molecule has 0 aromatic carbocycles. The fourth-order valence-electron chi connectivity index (χ4n) is 1.79. The average Bonchev–Trinajstić information content (AvgIpc) is 2.84. The van der Waals surface area contributed by atoms with Gasteiger partial charge in [0.15, 0.2) is 0 Å². The Morgan fingerprint density at radius 1 is 1.40 bits per heavy atom. The first-order chi connectivity index (χ1) is 7.33. The van der Waals surface area contributed by atoms with E-state index in [-0.39, 0.29) is 0 Å². The van der Waals surface area contributed by atoms with E-state index in [1.165, 1.54) is 11.5 Å². The molecule has 3 rings (SSSR count). The Hall–Kier alpha value is -1.56. The molecule has 2 aromatic rings. The van der Waals surface area contributed by atoms with E-state index in [0.717, 1.165) is 30.5 Å². The molecule has 5 nitrogen and oxygen atoms in total. The van der Waals surface area contributed by atoms with Crippen LogP contribution in [0.3, 0.4) is 0 Å². The largest absolute Gasteiger partial charge is 0.383 e. The van der Waals surface area contributed by atoms with Gasteiger partial charge in [0, 0.05) is 31.5 Å². The summed E-state index contributed by atoms with van der Waals surface area (Å²) < 4.78 is 6.27. The number of nitrogens with zero attached hydrogens (tertiary/aromatic N) is 4. The van der Waals surface area contributed by atoms with Gasteiger partial charge in [-0.05, 0) is 11.5 Å². The average molecular weight is 221 g/mol. The van der Waals surface area contributed by atoms with Crippen molar-refractivity contribution in [1.82, 2.24) is 13.9 Å². The van der Waals surface area contributed by atoms with Gasteiger partial charge in [-0.1, -0.05) is 0 Å². The standard InChI is InChI=1S/C9H11N5S/c10-7-5-9(15-12-7)14-4-3-13-2-1-11-8(13)6-14/h1-2,5H,3-4,6H2,(H2,10,12). The lowest BCUT2D eigenvalue weighted by Crippen LogP contribution is -2.32. The molecular formula is C9H11N5S. The van der Waals surface area contributed by atoms with Crippen molar-refractivity contribution in [1.29, 1.82) is 0 Å². The summed E-state index contributed by atoms with van der Waals surface area (Å²) in [6.07, 6.45) is 3.87. The minimum atomic E-state index is 0.601. The number of hydrogen-bond donors (Lipinski definition) is 1. The first-order valence-corrected chi connectivity index (χ1v) is 5.57. The molecule has 0 fully saturated rings. The SMILES string of the molecule is Nc1cc(N2CCn3ccnc3C2)sn1. The lowest BCUT2D eigenvalue weighted by atomic mass is 10.3. The first-order valence-electron chi connectivity index (χ1n) is 4.80. The molecule has 0 unspecified atom stereocenters. The van der Waals surface area contributed by atoms with Crippen molar-refractivity contribution in [3.05, 3.63) is 24.3 Å². The van der Waals surface area contributed by atoms with Gasteiger partial charge in [-0.25, -0.2) is 4.98 Å². The highest BCUT2D eigenvalue weighted by molar-refractivity contribution is 7.10. The molecular weight excluding hydrogens is 210 g/mol. The highest BCUT2D eigenvalue weighted by Gasteiger charge is 2.18. The number of hydrogen-bond acceptors (Lipinski definition) is 5. The van der Waals surface area contributed by atoms with Crippen molar-refractivity contribution in [3.63, 3.8) is 0 Å². The molecule has 0 spiro atoms. The lowest BCUT2D eigenvalue weighted by molar-refractivity contribution is 0.562. The zero-order valence-corrected chi connectivity index (χ0v) is 8.94. The molecule has 0 amide bonds. The molecule has 0 saturated carbocycles. The molecule has 1 aliphatic rings. The maximum atomic E-state index is 5.61. The van der Waals surface area contributed by atoms with Crippen molar-refractivity contribution < 1.29 is 0 Å². The van der Waals surface area contributed by atoms with Crippen LogP contribution in [0.25, 0.3) is 0 Å². The third kappa shape index (κ3) is 1.46. The Kier molecular flexibility index (Phi) is 1.88. The molecule has 0 atom stereocenters. The first kappa shape index (κ1) is 8.72. The van der Waals surface area contributed by atoms with Crippen molar-refractivity contribution in [2.75, 3.05) is 17.2 Å². The zero-order valence-electron chi connectivity index (χ0n) is 8.13. The van der Waals surface area contributed by atoms with Crippen molar-refractivity contribution in [2.24, 2.45) is 0 Å². The topological polar surface area (TPSA) is 60.0 Å². The second-order valence-corrected chi connectivity index (χ2v) is 4.33. The number of fused-ring (bicyclic) bond motifs is 1. The molecule has 1 aliphatic heterocycles. The van der Waals surface area contributed by atoms with Crippen LogP contribution in [-0.4, -0.2) is 20.5 Å². The fourth-order valence-corrected chi connectivity index (χ4v) is 2.49. The van der Waals surface area contributed by atoms with E-state index in [2.05, 4.69) is 18.8 Å². The van der Waals surface area contributed by atoms with E-state index in [0.29, 0.717) is 5.82 Å². The van der Waals surface area contributed by atoms with Crippen LogP contribution in [0.15, 0.2) is 18.5 Å². The smallest absolute Gasteiger partial charge is 0.139 e. The van der Waals surface area contributed by atoms with E-state index >= 15 is 0 Å². The van der Waals surface area contributed by atoms with Gasteiger partial charge < -0.3 is 15.2 Å². The normalized spacial score (nSPS) is 15.3. The minimum absolute atomic E-state index is 0.601. The maximum absolute atomic E-state index is 5.61. The third-order valence-electron chi connectivity index (χ3n) is 2.57. The van der Waals surface area contributed by atoms with Crippen LogP contribution in [0.1, 0.15) is 5.82 Å². The lowest BCUT2D eigenvalue weighted by Gasteiger charge is -2.27. The van der Waals surface area contributed by atoms with Crippen LogP contribution in [-0.2, 0) is 13.1 Å². The van der Waals surface area contributed by atoms with Gasteiger partial charge in [-0.3, -0.25) is 0 Å². The molecule has 15 heavy (non-hydrogen) atoms. The molecule has 0 aliphatic carbocycles. The summed E-state index contributed by atoms with van der Waals surface area (Å²) in [5, 5.41) is 1.13. The number of nitrogen functional groups attached to an aromatic ring is 1. The van der Waals surface area contributed by atoms with Gasteiger partial charge in [0.05, 0.1) is 6.54 Å². The Bertz CT molecular complexity index is 474. The number of imidazole rings is 1. The van der Waals surface area contributed by atoms with Gasteiger partial charge in [0.1, 0.15) is 16.6 Å². The molecule has 2 aromatic heterocycles. The van der Waals surface area contributed by atoms with Gasteiger partial charge >= 0.3 is 0 Å². The summed E-state index contributed by atoms with van der Waals surface area (Å²) in [4.78, 5) is 6.57. The van der Waals surface area contributed by atoms with Crippen LogP contribution in [0.2, 0.25) is 0 Å². The summed E-state index contributed by atoms with van der Waals surface area (Å²) in [5.41, 5.74) is 5.61. The Morgan fingerprint density at radius 2 is 2.33 bits per heavy atom. The molecule has 0 bridgehead atoms. The zero-order chi connectivity index (χ0) is 10.3. The van der Waals surface area contributed by atoms with Gasteiger partial charge in [-0.15, -0.1) is 0 Å². The Labute approximate surface area is 91.3 Å². The molecule has 0 radical (unpaired) electrons. The minimum Gasteiger partial charge on any atom is -0.383 e. The number of rotatable bonds is 1. The van der Waals surface area contributed by atoms with Crippen molar-refractivity contribution in [3.8, 4) is 0 Å². The monoisotopic (exact) mass is 221 g/mol. The van der Waals surface area contributed by atoms with Crippen LogP contribution in [0, 0.1) is 0 Å². The van der Waals surface area contributed by atoms with Gasteiger partial charge in [0.25, 0.3) is 0 Å². The highest BCUT2D eigenvalue weighted by Crippen LogP contribution is 2.26. The number of anilines is 2. The highest BCUT2D eigenvalue weighted by atomic mass is 32.1. The Balaban J connectivity index is 1.87. The summed E-state index contributed by atoms with van der Waals surface area (Å²) in [6.45, 7) is 2.81. The Morgan fingerprint density at radius 3 is 3.13 bits per heavy atom. The van der Waals surface area contributed by atoms with Crippen molar-refractivity contribution >= 4 is 22.4 Å². The molecule has 3 heterocycles. The fraction of sp³-hybridized carbons (Fsp3) is 0.333. The van der Waals surface area contributed by atoms with E-state index in [9.17, 15) is 0 Å². The number of nitrogens with two attached hydrogens (primary N) is 1. The van der Waals surface area contributed by atoms with Crippen LogP contribution in [0.4, 0.5) is 10.8 Å². The quantitative estimate of drug-likeness (QED) is 0.778. The summed E-state index contributed by atoms with van der Waals surface area (Å²) in [7, 11) is 0. The van der Waals surface area contributed by atoms with E-state index in [1.807, 2.05) is 18.5 Å². The molecule has 0 saturated heterocycles. The molecule has 2 N–H and O–H groups in total. The van der Waals surface area contributed by atoms with Crippen molar-refractivity contribution in [2.45, 2.75) is 13.1 Å². The number of aromatic nitrogens is 3. The second kappa shape index (κ2) is 3.23. The second-order valence-electron chi connectivity index (χ2n) is 3.55. The predicted molar refractivity (Wildman–Crippen MR) is 59.8 cm³/mol. The maximum Gasteiger partial charge on any atom is 0.139 e.